The second-order valence-corrected chi connectivity index (χ2v) is 6.19. The molecule has 0 fully saturated rings. The van der Waals surface area contributed by atoms with E-state index in [0.717, 1.165) is 15.6 Å². The van der Waals surface area contributed by atoms with Crippen LogP contribution in [0.4, 0.5) is 5.69 Å². The van der Waals surface area contributed by atoms with Crippen LogP contribution in [0, 0.1) is 13.8 Å². The van der Waals surface area contributed by atoms with Crippen molar-refractivity contribution in [2.75, 3.05) is 18.5 Å². The van der Waals surface area contributed by atoms with Crippen molar-refractivity contribution < 1.29 is 19.1 Å². The maximum Gasteiger partial charge on any atom is 0.344 e. The van der Waals surface area contributed by atoms with E-state index in [9.17, 15) is 9.59 Å². The van der Waals surface area contributed by atoms with Crippen LogP contribution in [0.25, 0.3) is 0 Å². The van der Waals surface area contributed by atoms with E-state index >= 15 is 0 Å². The van der Waals surface area contributed by atoms with Crippen molar-refractivity contribution >= 4 is 33.5 Å². The average Bonchev–Trinajstić information content (AvgIpc) is 2.54. The van der Waals surface area contributed by atoms with Crippen molar-refractivity contribution in [2.24, 2.45) is 0 Å². The Morgan fingerprint density at radius 3 is 2.62 bits per heavy atom. The zero-order valence-electron chi connectivity index (χ0n) is 13.5. The summed E-state index contributed by atoms with van der Waals surface area (Å²) in [5.41, 5.74) is 2.69. The van der Waals surface area contributed by atoms with Gasteiger partial charge in [-0.3, -0.25) is 4.79 Å². The third-order valence-corrected chi connectivity index (χ3v) is 3.68. The molecule has 2 rings (SSSR count). The summed E-state index contributed by atoms with van der Waals surface area (Å²) in [5.74, 6) is -0.452. The lowest BCUT2D eigenvalue weighted by Gasteiger charge is -2.10. The summed E-state index contributed by atoms with van der Waals surface area (Å²) in [4.78, 5) is 23.5. The first-order chi connectivity index (χ1) is 11.4. The van der Waals surface area contributed by atoms with Gasteiger partial charge < -0.3 is 14.8 Å². The molecule has 0 saturated carbocycles. The molecular formula is C18H18BrNO4. The van der Waals surface area contributed by atoms with Crippen molar-refractivity contribution in [1.82, 2.24) is 0 Å². The summed E-state index contributed by atoms with van der Waals surface area (Å²) >= 11 is 3.31. The Bertz CT molecular complexity index is 746. The standard InChI is InChI=1S/C18H18BrNO4/c1-12-6-7-13(2)16(8-12)20-17(21)10-24-18(22)11-23-15-5-3-4-14(19)9-15/h3-9H,10-11H2,1-2H3,(H,20,21). The van der Waals surface area contributed by atoms with Crippen LogP contribution < -0.4 is 10.1 Å². The van der Waals surface area contributed by atoms with Crippen LogP contribution in [0.3, 0.4) is 0 Å². The third kappa shape index (κ3) is 5.70. The van der Waals surface area contributed by atoms with Crippen LogP contribution >= 0.6 is 15.9 Å². The normalized spacial score (nSPS) is 10.1. The molecule has 2 aromatic carbocycles. The number of rotatable bonds is 6. The number of benzene rings is 2. The summed E-state index contributed by atoms with van der Waals surface area (Å²) in [6, 6.07) is 12.9. The Labute approximate surface area is 149 Å². The molecule has 0 aliphatic heterocycles. The molecule has 0 heterocycles. The monoisotopic (exact) mass is 391 g/mol. The molecule has 1 N–H and O–H groups in total. The van der Waals surface area contributed by atoms with Crippen molar-refractivity contribution in [3.8, 4) is 5.75 Å². The molecule has 0 aromatic heterocycles. The van der Waals surface area contributed by atoms with Crippen LogP contribution in [0.2, 0.25) is 0 Å². The van der Waals surface area contributed by atoms with Gasteiger partial charge in [0.2, 0.25) is 0 Å². The Morgan fingerprint density at radius 2 is 1.88 bits per heavy atom. The number of esters is 1. The van der Waals surface area contributed by atoms with Crippen molar-refractivity contribution in [3.05, 3.63) is 58.1 Å². The largest absolute Gasteiger partial charge is 0.482 e. The summed E-state index contributed by atoms with van der Waals surface area (Å²) in [6.07, 6.45) is 0. The Hall–Kier alpha value is -2.34. The number of aryl methyl sites for hydroxylation is 2. The number of hydrogen-bond acceptors (Lipinski definition) is 4. The highest BCUT2D eigenvalue weighted by atomic mass is 79.9. The fourth-order valence-electron chi connectivity index (χ4n) is 1.94. The molecule has 0 unspecified atom stereocenters. The number of ether oxygens (including phenoxy) is 2. The lowest BCUT2D eigenvalue weighted by Crippen LogP contribution is -2.24. The highest BCUT2D eigenvalue weighted by Crippen LogP contribution is 2.18. The van der Waals surface area contributed by atoms with Gasteiger partial charge >= 0.3 is 5.97 Å². The van der Waals surface area contributed by atoms with E-state index in [1.807, 2.05) is 38.1 Å². The average molecular weight is 392 g/mol. The zero-order valence-corrected chi connectivity index (χ0v) is 15.1. The van der Waals surface area contributed by atoms with E-state index < -0.39 is 5.97 Å². The van der Waals surface area contributed by atoms with E-state index in [-0.39, 0.29) is 19.1 Å². The zero-order chi connectivity index (χ0) is 17.5. The first-order valence-electron chi connectivity index (χ1n) is 7.35. The van der Waals surface area contributed by atoms with Gasteiger partial charge in [-0.25, -0.2) is 4.79 Å². The minimum Gasteiger partial charge on any atom is -0.482 e. The predicted octanol–water partition coefficient (Wildman–Crippen LogP) is 3.63. The number of amides is 1. The highest BCUT2D eigenvalue weighted by Gasteiger charge is 2.10. The van der Waals surface area contributed by atoms with Gasteiger partial charge in [0.05, 0.1) is 0 Å². The number of carbonyl (C=O) groups is 2. The van der Waals surface area contributed by atoms with Crippen LogP contribution in [-0.2, 0) is 14.3 Å². The molecule has 24 heavy (non-hydrogen) atoms. The van der Waals surface area contributed by atoms with Gasteiger partial charge in [-0.1, -0.05) is 34.1 Å². The van der Waals surface area contributed by atoms with Gasteiger partial charge in [0, 0.05) is 10.2 Å². The Kier molecular flexibility index (Phi) is 6.37. The molecule has 0 spiro atoms. The fraction of sp³-hybridized carbons (Fsp3) is 0.222. The SMILES string of the molecule is Cc1ccc(C)c(NC(=O)COC(=O)COc2cccc(Br)c2)c1. The lowest BCUT2D eigenvalue weighted by atomic mass is 10.1. The molecule has 0 radical (unpaired) electrons. The van der Waals surface area contributed by atoms with Gasteiger partial charge in [-0.05, 0) is 49.2 Å². The second kappa shape index (κ2) is 8.49. The molecule has 2 aromatic rings. The van der Waals surface area contributed by atoms with E-state index in [0.29, 0.717) is 11.4 Å². The Morgan fingerprint density at radius 1 is 1.08 bits per heavy atom. The lowest BCUT2D eigenvalue weighted by molar-refractivity contribution is -0.149. The minimum absolute atomic E-state index is 0.257. The first kappa shape index (κ1) is 18.0. The number of carbonyl (C=O) groups excluding carboxylic acids is 2. The predicted molar refractivity (Wildman–Crippen MR) is 95.1 cm³/mol. The van der Waals surface area contributed by atoms with E-state index in [2.05, 4.69) is 21.2 Å². The van der Waals surface area contributed by atoms with E-state index in [1.165, 1.54) is 0 Å². The highest BCUT2D eigenvalue weighted by molar-refractivity contribution is 9.10. The summed E-state index contributed by atoms with van der Waals surface area (Å²) in [7, 11) is 0. The molecule has 0 atom stereocenters. The van der Waals surface area contributed by atoms with Crippen molar-refractivity contribution in [2.45, 2.75) is 13.8 Å². The van der Waals surface area contributed by atoms with Crippen molar-refractivity contribution in [1.29, 1.82) is 0 Å². The molecule has 6 heteroatoms. The second-order valence-electron chi connectivity index (χ2n) is 5.27. The van der Waals surface area contributed by atoms with Gasteiger partial charge in [0.15, 0.2) is 13.2 Å². The van der Waals surface area contributed by atoms with E-state index in [4.69, 9.17) is 9.47 Å². The maximum atomic E-state index is 11.9. The quantitative estimate of drug-likeness (QED) is 0.763. The molecule has 5 nitrogen and oxygen atoms in total. The van der Waals surface area contributed by atoms with Crippen LogP contribution in [0.1, 0.15) is 11.1 Å². The summed E-state index contributed by atoms with van der Waals surface area (Å²) in [6.45, 7) is 3.22. The third-order valence-electron chi connectivity index (χ3n) is 3.18. The topological polar surface area (TPSA) is 64.6 Å². The summed E-state index contributed by atoms with van der Waals surface area (Å²) < 4.78 is 11.1. The van der Waals surface area contributed by atoms with Gasteiger partial charge in [-0.15, -0.1) is 0 Å². The van der Waals surface area contributed by atoms with E-state index in [1.54, 1.807) is 18.2 Å². The minimum atomic E-state index is -0.605. The number of nitrogens with one attached hydrogen (secondary N) is 1. The first-order valence-corrected chi connectivity index (χ1v) is 8.14. The molecule has 0 aliphatic carbocycles. The van der Waals surface area contributed by atoms with Crippen LogP contribution in [-0.4, -0.2) is 25.1 Å². The fourth-order valence-corrected chi connectivity index (χ4v) is 2.32. The van der Waals surface area contributed by atoms with Crippen LogP contribution in [0.15, 0.2) is 46.9 Å². The molecule has 0 bridgehead atoms. The van der Waals surface area contributed by atoms with Crippen molar-refractivity contribution in [3.63, 3.8) is 0 Å². The number of hydrogen-bond donors (Lipinski definition) is 1. The molecule has 1 amide bonds. The molecule has 126 valence electrons. The molecule has 0 saturated heterocycles. The smallest absolute Gasteiger partial charge is 0.344 e. The molecule has 0 aliphatic rings. The number of anilines is 1. The summed E-state index contributed by atoms with van der Waals surface area (Å²) in [5, 5.41) is 2.72. The number of halogens is 1. The van der Waals surface area contributed by atoms with Gasteiger partial charge in [0.25, 0.3) is 5.91 Å². The Balaban J connectivity index is 1.77. The molecular weight excluding hydrogens is 374 g/mol. The maximum absolute atomic E-state index is 11.9. The van der Waals surface area contributed by atoms with Crippen LogP contribution in [0.5, 0.6) is 5.75 Å². The van der Waals surface area contributed by atoms with Gasteiger partial charge in [0.1, 0.15) is 5.75 Å². The van der Waals surface area contributed by atoms with Gasteiger partial charge in [-0.2, -0.15) is 0 Å².